The average molecular weight is 484 g/mol. The summed E-state index contributed by atoms with van der Waals surface area (Å²) in [6, 6.07) is 16.0. The summed E-state index contributed by atoms with van der Waals surface area (Å²) in [7, 11) is 1.62. The maximum absolute atomic E-state index is 12.8. The number of methoxy groups -OCH3 is 1. The third-order valence-electron chi connectivity index (χ3n) is 6.33. The van der Waals surface area contributed by atoms with Gasteiger partial charge in [0, 0.05) is 29.3 Å². The minimum absolute atomic E-state index is 0.0863. The summed E-state index contributed by atoms with van der Waals surface area (Å²) in [5.74, 6) is 2.05. The molecule has 1 aliphatic rings. The van der Waals surface area contributed by atoms with E-state index in [1.165, 1.54) is 5.56 Å². The number of hydrogen-bond acceptors (Lipinski definition) is 6. The fourth-order valence-corrected chi connectivity index (χ4v) is 4.76. The van der Waals surface area contributed by atoms with Crippen LogP contribution < -0.4 is 14.8 Å². The highest BCUT2D eigenvalue weighted by atomic mass is 16.5. The fraction of sp³-hybridized carbons (Fsp3) is 0.286. The van der Waals surface area contributed by atoms with Crippen molar-refractivity contribution in [3.8, 4) is 17.4 Å². The lowest BCUT2D eigenvalue weighted by Gasteiger charge is -2.25. The number of carbonyl (C=O) groups is 1. The van der Waals surface area contributed by atoms with Gasteiger partial charge in [-0.3, -0.25) is 4.79 Å². The molecule has 2 aromatic heterocycles. The number of nitrogens with one attached hydrogen (secondary N) is 1. The minimum Gasteiger partial charge on any atom is -0.493 e. The molecule has 2 aromatic carbocycles. The van der Waals surface area contributed by atoms with E-state index in [0.29, 0.717) is 36.3 Å². The zero-order chi connectivity index (χ0) is 25.4. The number of ether oxygens (including phenoxy) is 2. The Morgan fingerprint density at radius 3 is 2.50 bits per heavy atom. The molecule has 0 bridgehead atoms. The number of anilines is 1. The molecule has 1 amide bonds. The van der Waals surface area contributed by atoms with E-state index in [-0.39, 0.29) is 11.8 Å². The van der Waals surface area contributed by atoms with Crippen LogP contribution in [-0.2, 0) is 11.4 Å². The van der Waals surface area contributed by atoms with Gasteiger partial charge in [0.05, 0.1) is 12.8 Å². The fourth-order valence-electron chi connectivity index (χ4n) is 4.76. The summed E-state index contributed by atoms with van der Waals surface area (Å²) in [6.45, 7) is 8.27. The lowest BCUT2D eigenvalue weighted by molar-refractivity contribution is -0.116. The van der Waals surface area contributed by atoms with Gasteiger partial charge in [-0.15, -0.1) is 0 Å². The molecule has 36 heavy (non-hydrogen) atoms. The van der Waals surface area contributed by atoms with Crippen LogP contribution in [0.5, 0.6) is 11.5 Å². The van der Waals surface area contributed by atoms with E-state index in [2.05, 4.69) is 34.3 Å². The Labute approximate surface area is 210 Å². The number of benzene rings is 2. The van der Waals surface area contributed by atoms with E-state index in [1.54, 1.807) is 11.8 Å². The molecule has 1 aliphatic heterocycles. The SMILES string of the molecule is COc1cc([C@H]2CC(=O)Nc3c2c(C)nn3-c2nc(C)cc(C)n2)ccc1OCc1cccc(C)c1. The molecule has 0 saturated carbocycles. The molecular weight excluding hydrogens is 454 g/mol. The first kappa shape index (κ1) is 23.5. The van der Waals surface area contributed by atoms with Gasteiger partial charge in [0.1, 0.15) is 12.4 Å². The zero-order valence-electron chi connectivity index (χ0n) is 21.1. The Balaban J connectivity index is 1.49. The normalized spacial score (nSPS) is 14.8. The molecule has 5 rings (SSSR count). The summed E-state index contributed by atoms with van der Waals surface area (Å²) in [5, 5.41) is 7.70. The predicted molar refractivity (Wildman–Crippen MR) is 137 cm³/mol. The lowest BCUT2D eigenvalue weighted by atomic mass is 9.85. The molecule has 184 valence electrons. The number of aryl methyl sites for hydroxylation is 4. The van der Waals surface area contributed by atoms with Gasteiger partial charge in [-0.25, -0.2) is 9.97 Å². The first-order chi connectivity index (χ1) is 17.3. The van der Waals surface area contributed by atoms with Crippen molar-refractivity contribution >= 4 is 11.7 Å². The van der Waals surface area contributed by atoms with E-state index in [4.69, 9.17) is 14.6 Å². The lowest BCUT2D eigenvalue weighted by Crippen LogP contribution is -2.25. The molecule has 8 heteroatoms. The molecule has 0 unspecified atom stereocenters. The van der Waals surface area contributed by atoms with Crippen LogP contribution in [0.1, 0.15) is 51.7 Å². The Hall–Kier alpha value is -4.20. The van der Waals surface area contributed by atoms with Crippen molar-refractivity contribution in [2.45, 2.75) is 46.6 Å². The summed E-state index contributed by atoms with van der Waals surface area (Å²) >= 11 is 0. The minimum atomic E-state index is -0.187. The van der Waals surface area contributed by atoms with Crippen LogP contribution in [0.25, 0.3) is 5.95 Å². The van der Waals surface area contributed by atoms with Gasteiger partial charge in [0.2, 0.25) is 5.91 Å². The summed E-state index contributed by atoms with van der Waals surface area (Å²) in [6.07, 6.45) is 0.305. The largest absolute Gasteiger partial charge is 0.493 e. The van der Waals surface area contributed by atoms with Crippen molar-refractivity contribution in [1.29, 1.82) is 0 Å². The summed E-state index contributed by atoms with van der Waals surface area (Å²) in [5.41, 5.74) is 6.67. The number of aromatic nitrogens is 4. The number of rotatable bonds is 6. The number of nitrogens with zero attached hydrogens (tertiary/aromatic N) is 4. The topological polar surface area (TPSA) is 91.2 Å². The molecule has 0 fully saturated rings. The zero-order valence-corrected chi connectivity index (χ0v) is 21.1. The molecule has 1 atom stereocenters. The van der Waals surface area contributed by atoms with Crippen LogP contribution in [0.15, 0.2) is 48.5 Å². The second kappa shape index (κ2) is 9.45. The van der Waals surface area contributed by atoms with Gasteiger partial charge in [-0.2, -0.15) is 9.78 Å². The van der Waals surface area contributed by atoms with Gasteiger partial charge in [-0.1, -0.05) is 35.9 Å². The van der Waals surface area contributed by atoms with Crippen LogP contribution >= 0.6 is 0 Å². The maximum Gasteiger partial charge on any atom is 0.252 e. The van der Waals surface area contributed by atoms with Gasteiger partial charge in [-0.05, 0) is 57.0 Å². The van der Waals surface area contributed by atoms with Crippen molar-refractivity contribution in [2.75, 3.05) is 12.4 Å². The third kappa shape index (κ3) is 4.54. The Morgan fingerprint density at radius 1 is 1.00 bits per heavy atom. The van der Waals surface area contributed by atoms with E-state index in [9.17, 15) is 4.79 Å². The molecule has 8 nitrogen and oxygen atoms in total. The highest BCUT2D eigenvalue weighted by Gasteiger charge is 2.33. The average Bonchev–Trinajstić information content (AvgIpc) is 3.17. The quantitative estimate of drug-likeness (QED) is 0.417. The van der Waals surface area contributed by atoms with Crippen molar-refractivity contribution in [3.05, 3.63) is 87.9 Å². The van der Waals surface area contributed by atoms with Gasteiger partial charge in [0.25, 0.3) is 5.95 Å². The molecule has 1 N–H and O–H groups in total. The van der Waals surface area contributed by atoms with Crippen LogP contribution in [0.3, 0.4) is 0 Å². The standard InChI is InChI=1S/C28H29N5O3/c1-16-7-6-8-20(11-16)15-36-23-10-9-21(13-24(23)35-5)22-14-25(34)31-27-26(22)19(4)32-33(27)28-29-17(2)12-18(3)30-28/h6-13,22H,14-15H2,1-5H3,(H,31,34)/t22-/m1/s1. The molecule has 4 aromatic rings. The van der Waals surface area contributed by atoms with Gasteiger partial charge in [0.15, 0.2) is 11.5 Å². The van der Waals surface area contributed by atoms with Crippen molar-refractivity contribution < 1.29 is 14.3 Å². The van der Waals surface area contributed by atoms with E-state index >= 15 is 0 Å². The van der Waals surface area contributed by atoms with Crippen LogP contribution in [0.2, 0.25) is 0 Å². The second-order valence-corrected chi connectivity index (χ2v) is 9.20. The van der Waals surface area contributed by atoms with Crippen LogP contribution in [0.4, 0.5) is 5.82 Å². The monoisotopic (exact) mass is 483 g/mol. The summed E-state index contributed by atoms with van der Waals surface area (Å²) < 4.78 is 13.4. The van der Waals surface area contributed by atoms with Crippen LogP contribution in [-0.4, -0.2) is 32.8 Å². The van der Waals surface area contributed by atoms with Crippen molar-refractivity contribution in [2.24, 2.45) is 0 Å². The molecule has 3 heterocycles. The molecule has 0 saturated heterocycles. The third-order valence-corrected chi connectivity index (χ3v) is 6.33. The van der Waals surface area contributed by atoms with Crippen molar-refractivity contribution in [3.63, 3.8) is 0 Å². The van der Waals surface area contributed by atoms with E-state index < -0.39 is 0 Å². The number of hydrogen-bond donors (Lipinski definition) is 1. The van der Waals surface area contributed by atoms with E-state index in [1.807, 2.05) is 57.2 Å². The van der Waals surface area contributed by atoms with Gasteiger partial charge < -0.3 is 14.8 Å². The first-order valence-corrected chi connectivity index (χ1v) is 11.9. The van der Waals surface area contributed by atoms with E-state index in [0.717, 1.165) is 33.8 Å². The Kier molecular flexibility index (Phi) is 6.18. The predicted octanol–water partition coefficient (Wildman–Crippen LogP) is 4.96. The van der Waals surface area contributed by atoms with Crippen molar-refractivity contribution in [1.82, 2.24) is 19.7 Å². The maximum atomic E-state index is 12.8. The molecule has 0 spiro atoms. The molecule has 0 aliphatic carbocycles. The molecular formula is C28H29N5O3. The molecule has 0 radical (unpaired) electrons. The number of fused-ring (bicyclic) bond motifs is 1. The van der Waals surface area contributed by atoms with Gasteiger partial charge >= 0.3 is 0 Å². The Bertz CT molecular complexity index is 1440. The highest BCUT2D eigenvalue weighted by Crippen LogP contribution is 2.42. The number of amides is 1. The first-order valence-electron chi connectivity index (χ1n) is 11.9. The second-order valence-electron chi connectivity index (χ2n) is 9.20. The Morgan fingerprint density at radius 2 is 1.78 bits per heavy atom. The highest BCUT2D eigenvalue weighted by molar-refractivity contribution is 5.95. The number of carbonyl (C=O) groups excluding carboxylic acids is 1. The smallest absolute Gasteiger partial charge is 0.252 e. The van der Waals surface area contributed by atoms with Crippen LogP contribution in [0, 0.1) is 27.7 Å². The summed E-state index contributed by atoms with van der Waals surface area (Å²) in [4.78, 5) is 21.9.